The van der Waals surface area contributed by atoms with Gasteiger partial charge in [-0.3, -0.25) is 4.79 Å². The van der Waals surface area contributed by atoms with Gasteiger partial charge < -0.3 is 11.1 Å². The number of amides is 1. The molecule has 0 atom stereocenters. The first kappa shape index (κ1) is 12.2. The van der Waals surface area contributed by atoms with Gasteiger partial charge in [-0.25, -0.2) is 0 Å². The van der Waals surface area contributed by atoms with Crippen LogP contribution in [0.1, 0.15) is 21.5 Å². The molecule has 0 fully saturated rings. The Labute approximate surface area is 107 Å². The largest absolute Gasteiger partial charge is 0.399 e. The van der Waals surface area contributed by atoms with Crippen LogP contribution in [0.2, 0.25) is 0 Å². The summed E-state index contributed by atoms with van der Waals surface area (Å²) >= 11 is 0. The lowest BCUT2D eigenvalue weighted by atomic mass is 10.1. The van der Waals surface area contributed by atoms with Gasteiger partial charge in [0, 0.05) is 17.8 Å². The molecular weight excluding hydrogens is 224 g/mol. The van der Waals surface area contributed by atoms with Crippen LogP contribution < -0.4 is 11.1 Å². The normalized spacial score (nSPS) is 10.1. The molecule has 2 aromatic rings. The second-order valence-corrected chi connectivity index (χ2v) is 4.18. The van der Waals surface area contributed by atoms with Crippen molar-refractivity contribution in [3.8, 4) is 0 Å². The standard InChI is InChI=1S/C15H16N2O/c1-11-13(8-5-9-14(11)16)10-17-15(18)12-6-3-2-4-7-12/h2-9H,10,16H2,1H3,(H,17,18). The van der Waals surface area contributed by atoms with Gasteiger partial charge >= 0.3 is 0 Å². The Morgan fingerprint density at radius 3 is 2.56 bits per heavy atom. The number of rotatable bonds is 3. The highest BCUT2D eigenvalue weighted by Gasteiger charge is 2.06. The van der Waals surface area contributed by atoms with Crippen molar-refractivity contribution in [1.29, 1.82) is 0 Å². The van der Waals surface area contributed by atoms with E-state index in [4.69, 9.17) is 5.73 Å². The molecule has 0 aliphatic carbocycles. The predicted octanol–water partition coefficient (Wildman–Crippen LogP) is 2.51. The van der Waals surface area contributed by atoms with Gasteiger partial charge in [0.15, 0.2) is 0 Å². The fraction of sp³-hybridized carbons (Fsp3) is 0.133. The smallest absolute Gasteiger partial charge is 0.251 e. The van der Waals surface area contributed by atoms with Gasteiger partial charge in [-0.1, -0.05) is 30.3 Å². The molecule has 0 heterocycles. The minimum absolute atomic E-state index is 0.0718. The van der Waals surface area contributed by atoms with Crippen molar-refractivity contribution < 1.29 is 4.79 Å². The zero-order valence-electron chi connectivity index (χ0n) is 10.3. The van der Waals surface area contributed by atoms with Crippen molar-refractivity contribution in [3.05, 3.63) is 65.2 Å². The van der Waals surface area contributed by atoms with E-state index in [1.807, 2.05) is 43.3 Å². The second-order valence-electron chi connectivity index (χ2n) is 4.18. The third-order valence-corrected chi connectivity index (χ3v) is 2.96. The maximum atomic E-state index is 11.9. The van der Waals surface area contributed by atoms with E-state index < -0.39 is 0 Å². The van der Waals surface area contributed by atoms with E-state index in [-0.39, 0.29) is 5.91 Å². The van der Waals surface area contributed by atoms with Crippen LogP contribution in [0.3, 0.4) is 0 Å². The Morgan fingerprint density at radius 2 is 1.83 bits per heavy atom. The Morgan fingerprint density at radius 1 is 1.11 bits per heavy atom. The lowest BCUT2D eigenvalue weighted by Gasteiger charge is -2.09. The quantitative estimate of drug-likeness (QED) is 0.810. The SMILES string of the molecule is Cc1c(N)cccc1CNC(=O)c1ccccc1. The van der Waals surface area contributed by atoms with E-state index in [9.17, 15) is 4.79 Å². The highest BCUT2D eigenvalue weighted by molar-refractivity contribution is 5.94. The zero-order valence-corrected chi connectivity index (χ0v) is 10.3. The summed E-state index contributed by atoms with van der Waals surface area (Å²) in [6.07, 6.45) is 0. The minimum atomic E-state index is -0.0718. The molecule has 0 radical (unpaired) electrons. The van der Waals surface area contributed by atoms with E-state index in [1.165, 1.54) is 0 Å². The highest BCUT2D eigenvalue weighted by atomic mass is 16.1. The molecule has 0 spiro atoms. The molecule has 1 amide bonds. The average Bonchev–Trinajstić information content (AvgIpc) is 2.41. The van der Waals surface area contributed by atoms with Crippen molar-refractivity contribution in [3.63, 3.8) is 0 Å². The summed E-state index contributed by atoms with van der Waals surface area (Å²) in [5.74, 6) is -0.0718. The fourth-order valence-corrected chi connectivity index (χ4v) is 1.76. The molecule has 92 valence electrons. The number of nitrogens with one attached hydrogen (secondary N) is 1. The number of benzene rings is 2. The molecule has 0 aromatic heterocycles. The first-order valence-electron chi connectivity index (χ1n) is 5.85. The molecule has 0 aliphatic rings. The third kappa shape index (κ3) is 2.69. The van der Waals surface area contributed by atoms with E-state index in [1.54, 1.807) is 12.1 Å². The molecule has 3 nitrogen and oxygen atoms in total. The number of hydrogen-bond acceptors (Lipinski definition) is 2. The molecule has 0 saturated carbocycles. The topological polar surface area (TPSA) is 55.1 Å². The van der Waals surface area contributed by atoms with Crippen molar-refractivity contribution in [2.75, 3.05) is 5.73 Å². The molecule has 18 heavy (non-hydrogen) atoms. The monoisotopic (exact) mass is 240 g/mol. The van der Waals surface area contributed by atoms with Crippen LogP contribution in [0.15, 0.2) is 48.5 Å². The van der Waals surface area contributed by atoms with Crippen molar-refractivity contribution in [1.82, 2.24) is 5.32 Å². The summed E-state index contributed by atoms with van der Waals surface area (Å²) < 4.78 is 0. The molecule has 0 unspecified atom stereocenters. The van der Waals surface area contributed by atoms with Crippen LogP contribution in [0.5, 0.6) is 0 Å². The Hall–Kier alpha value is -2.29. The van der Waals surface area contributed by atoms with Gasteiger partial charge in [0.2, 0.25) is 0 Å². The van der Waals surface area contributed by atoms with Crippen molar-refractivity contribution >= 4 is 11.6 Å². The summed E-state index contributed by atoms with van der Waals surface area (Å²) in [5, 5.41) is 2.89. The summed E-state index contributed by atoms with van der Waals surface area (Å²) in [5.41, 5.74) is 9.30. The van der Waals surface area contributed by atoms with E-state index in [2.05, 4.69) is 5.32 Å². The summed E-state index contributed by atoms with van der Waals surface area (Å²) in [6, 6.07) is 14.9. The lowest BCUT2D eigenvalue weighted by molar-refractivity contribution is 0.0951. The van der Waals surface area contributed by atoms with Crippen molar-refractivity contribution in [2.45, 2.75) is 13.5 Å². The molecule has 0 bridgehead atoms. The van der Waals surface area contributed by atoms with Crippen LogP contribution in [0, 0.1) is 6.92 Å². The van der Waals surface area contributed by atoms with Crippen LogP contribution in [-0.2, 0) is 6.54 Å². The van der Waals surface area contributed by atoms with Gasteiger partial charge in [-0.2, -0.15) is 0 Å². The van der Waals surface area contributed by atoms with Crippen LogP contribution in [-0.4, -0.2) is 5.91 Å². The van der Waals surface area contributed by atoms with Crippen molar-refractivity contribution in [2.24, 2.45) is 0 Å². The van der Waals surface area contributed by atoms with E-state index in [0.29, 0.717) is 12.1 Å². The van der Waals surface area contributed by atoms with Gasteiger partial charge in [0.25, 0.3) is 5.91 Å². The third-order valence-electron chi connectivity index (χ3n) is 2.96. The maximum absolute atomic E-state index is 11.9. The van der Waals surface area contributed by atoms with Crippen LogP contribution in [0.25, 0.3) is 0 Å². The number of carbonyl (C=O) groups excluding carboxylic acids is 1. The minimum Gasteiger partial charge on any atom is -0.399 e. The average molecular weight is 240 g/mol. The Bertz CT molecular complexity index is 550. The van der Waals surface area contributed by atoms with Gasteiger partial charge in [-0.15, -0.1) is 0 Å². The molecule has 3 heteroatoms. The zero-order chi connectivity index (χ0) is 13.0. The summed E-state index contributed by atoms with van der Waals surface area (Å²) in [4.78, 5) is 11.9. The molecule has 0 saturated heterocycles. The Balaban J connectivity index is 2.04. The number of nitrogens with two attached hydrogens (primary N) is 1. The van der Waals surface area contributed by atoms with Gasteiger partial charge in [0.1, 0.15) is 0 Å². The van der Waals surface area contributed by atoms with Crippen LogP contribution in [0.4, 0.5) is 5.69 Å². The summed E-state index contributed by atoms with van der Waals surface area (Å²) in [7, 11) is 0. The second kappa shape index (κ2) is 5.36. The molecule has 0 aliphatic heterocycles. The number of carbonyl (C=O) groups is 1. The Kier molecular flexibility index (Phi) is 3.63. The fourth-order valence-electron chi connectivity index (χ4n) is 1.76. The first-order chi connectivity index (χ1) is 8.68. The molecule has 2 aromatic carbocycles. The van der Waals surface area contributed by atoms with Crippen LogP contribution >= 0.6 is 0 Å². The number of nitrogen functional groups attached to an aromatic ring is 1. The number of hydrogen-bond donors (Lipinski definition) is 2. The number of anilines is 1. The highest BCUT2D eigenvalue weighted by Crippen LogP contribution is 2.15. The lowest BCUT2D eigenvalue weighted by Crippen LogP contribution is -2.23. The van der Waals surface area contributed by atoms with E-state index >= 15 is 0 Å². The summed E-state index contributed by atoms with van der Waals surface area (Å²) in [6.45, 7) is 2.45. The molecule has 3 N–H and O–H groups in total. The maximum Gasteiger partial charge on any atom is 0.251 e. The van der Waals surface area contributed by atoms with E-state index in [0.717, 1.165) is 16.8 Å². The first-order valence-corrected chi connectivity index (χ1v) is 5.85. The molecular formula is C15H16N2O. The van der Waals surface area contributed by atoms with Gasteiger partial charge in [-0.05, 0) is 36.2 Å². The predicted molar refractivity (Wildman–Crippen MR) is 73.2 cm³/mol. The van der Waals surface area contributed by atoms with Gasteiger partial charge in [0.05, 0.1) is 0 Å². The molecule has 2 rings (SSSR count).